The number of benzene rings is 4. The number of fused-ring (bicyclic) bond motifs is 2. The number of rotatable bonds is 14. The van der Waals surface area contributed by atoms with E-state index in [1.807, 2.05) is 86.7 Å². The molecule has 0 aromatic heterocycles. The second-order valence-corrected chi connectivity index (χ2v) is 16.7. The summed E-state index contributed by atoms with van der Waals surface area (Å²) in [5.41, 5.74) is 7.08. The average molecular weight is 862 g/mol. The van der Waals surface area contributed by atoms with Crippen molar-refractivity contribution in [1.82, 2.24) is 0 Å². The van der Waals surface area contributed by atoms with Gasteiger partial charge in [0.1, 0.15) is 10.1 Å². The molecule has 2 N–H and O–H groups in total. The molecule has 2 aliphatic rings. The minimum atomic E-state index is -4.72. The van der Waals surface area contributed by atoms with Gasteiger partial charge in [-0.05, 0) is 72.5 Å². The summed E-state index contributed by atoms with van der Waals surface area (Å²) in [7, 11) is -4.72. The standard InChI is InChI=1S/C41H40N2O10S2.2K/c1-40(2)32-22-30(54-53-52-48)16-18-34(32)42(24-28-12-8-26(9-13-28)20-38(44)45)36(40)6-5-7-37-41(3,4)33-23-31(55(49,50)51)17-19-35(33)43(37)25-29-14-10-27(11-15-29)21-39(46)47;;/h5-19,22-23H,20-21,24-25H2,1-4H3,(H3-,44,45,46,47,48,49,50,51);;/q;2*+1/p-1. The largest absolute Gasteiger partial charge is 1.00 e. The van der Waals surface area contributed by atoms with Crippen LogP contribution in [0.15, 0.2) is 119 Å². The maximum atomic E-state index is 12.1. The van der Waals surface area contributed by atoms with Gasteiger partial charge < -0.3 is 24.9 Å². The number of carbonyl (C=O) groups is 2. The van der Waals surface area contributed by atoms with Crippen LogP contribution in [-0.2, 0) is 65.8 Å². The van der Waals surface area contributed by atoms with Crippen molar-refractivity contribution in [2.45, 2.75) is 74.2 Å². The first-order chi connectivity index (χ1) is 26.0. The summed E-state index contributed by atoms with van der Waals surface area (Å²) in [6.45, 7) is 8.99. The molecule has 4 aromatic rings. The van der Waals surface area contributed by atoms with Gasteiger partial charge >= 0.3 is 115 Å². The Hall–Kier alpha value is -1.82. The molecule has 0 aliphatic carbocycles. The van der Waals surface area contributed by atoms with E-state index in [0.717, 1.165) is 51.5 Å². The van der Waals surface area contributed by atoms with E-state index in [9.17, 15) is 38.0 Å². The van der Waals surface area contributed by atoms with Gasteiger partial charge in [0.05, 0.1) is 35.2 Å². The van der Waals surface area contributed by atoms with Crippen LogP contribution in [0.4, 0.5) is 11.4 Å². The number of aliphatic carboxylic acids is 2. The molecule has 0 atom stereocenters. The Morgan fingerprint density at radius 3 is 1.95 bits per heavy atom. The minimum absolute atomic E-state index is 0. The monoisotopic (exact) mass is 861 g/mol. The van der Waals surface area contributed by atoms with Crippen LogP contribution in [-0.4, -0.2) is 45.4 Å². The van der Waals surface area contributed by atoms with Crippen LogP contribution in [0.3, 0.4) is 0 Å². The van der Waals surface area contributed by atoms with Crippen molar-refractivity contribution in [2.75, 3.05) is 4.90 Å². The third kappa shape index (κ3) is 10.9. The third-order valence-corrected chi connectivity index (χ3v) is 11.5. The van der Waals surface area contributed by atoms with Gasteiger partial charge in [-0.3, -0.25) is 14.6 Å². The SMILES string of the molecule is CC1(C)C(/C=C/C=C2/N(Cc3ccc(CC(=O)O)cc3)c3ccc(S(=O)(=O)[O-])cc3C2(C)C)=[N+](Cc2ccc(CC(=O)O)cc2)c2ccc(SOO[O-])cc21.[K+].[K+]. The Kier molecular flexibility index (Phi) is 16.5. The van der Waals surface area contributed by atoms with Crippen LogP contribution in [0.1, 0.15) is 61.1 Å². The van der Waals surface area contributed by atoms with Gasteiger partial charge in [0.2, 0.25) is 5.69 Å². The summed E-state index contributed by atoms with van der Waals surface area (Å²) < 4.78 is 43.0. The van der Waals surface area contributed by atoms with Gasteiger partial charge in [0, 0.05) is 51.5 Å². The van der Waals surface area contributed by atoms with Crippen molar-refractivity contribution in [2.24, 2.45) is 0 Å². The molecule has 16 heteroatoms. The number of nitrogens with zero attached hydrogens (tertiary/aromatic N) is 2. The predicted molar refractivity (Wildman–Crippen MR) is 203 cm³/mol. The van der Waals surface area contributed by atoms with Gasteiger partial charge in [0.15, 0.2) is 12.3 Å². The van der Waals surface area contributed by atoms with E-state index < -0.39 is 32.9 Å². The summed E-state index contributed by atoms with van der Waals surface area (Å²) in [6, 6.07) is 24.9. The fourth-order valence-electron chi connectivity index (χ4n) is 7.38. The van der Waals surface area contributed by atoms with Gasteiger partial charge in [-0.1, -0.05) is 68.5 Å². The summed E-state index contributed by atoms with van der Waals surface area (Å²) >= 11 is 0.808. The van der Waals surface area contributed by atoms with Gasteiger partial charge in [-0.15, -0.1) is 0 Å². The Balaban J connectivity index is 0.00000360. The molecule has 0 saturated carbocycles. The zero-order valence-corrected chi connectivity index (χ0v) is 40.4. The van der Waals surface area contributed by atoms with E-state index in [1.165, 1.54) is 12.1 Å². The predicted octanol–water partition coefficient (Wildman–Crippen LogP) is 0.0980. The number of anilines is 1. The normalized spacial score (nSPS) is 16.0. The van der Waals surface area contributed by atoms with Crippen LogP contribution in [0, 0.1) is 0 Å². The van der Waals surface area contributed by atoms with Crippen molar-refractivity contribution < 1.29 is 155 Å². The number of allylic oxidation sites excluding steroid dienone is 4. The summed E-state index contributed by atoms with van der Waals surface area (Å²) in [6.07, 6.45) is 5.78. The molecule has 12 nitrogen and oxygen atoms in total. The molecule has 6 rings (SSSR count). The smallest absolute Gasteiger partial charge is 0.744 e. The molecule has 0 bridgehead atoms. The summed E-state index contributed by atoms with van der Waals surface area (Å²) in [5, 5.41) is 32.6. The van der Waals surface area contributed by atoms with Crippen LogP contribution in [0.2, 0.25) is 0 Å². The van der Waals surface area contributed by atoms with Crippen LogP contribution >= 0.6 is 12.0 Å². The fourth-order valence-corrected chi connectivity index (χ4v) is 8.27. The molecule has 0 unspecified atom stereocenters. The van der Waals surface area contributed by atoms with Crippen LogP contribution in [0.5, 0.6) is 0 Å². The molecule has 0 saturated heterocycles. The van der Waals surface area contributed by atoms with E-state index in [2.05, 4.69) is 32.7 Å². The zero-order chi connectivity index (χ0) is 39.7. The van der Waals surface area contributed by atoms with E-state index in [1.54, 1.807) is 18.2 Å². The van der Waals surface area contributed by atoms with Gasteiger partial charge in [-0.2, -0.15) is 8.91 Å². The molecule has 286 valence electrons. The van der Waals surface area contributed by atoms with Crippen molar-refractivity contribution in [3.63, 3.8) is 0 Å². The van der Waals surface area contributed by atoms with E-state index >= 15 is 0 Å². The summed E-state index contributed by atoms with van der Waals surface area (Å²) in [5.74, 6) is -1.83. The maximum Gasteiger partial charge on any atom is 1.00 e. The van der Waals surface area contributed by atoms with Gasteiger partial charge in [-0.25, -0.2) is 8.42 Å². The minimum Gasteiger partial charge on any atom is -0.744 e. The van der Waals surface area contributed by atoms with E-state index in [-0.39, 0.29) is 121 Å². The second kappa shape index (κ2) is 19.7. The Labute approximate surface area is 421 Å². The van der Waals surface area contributed by atoms with Crippen LogP contribution < -0.4 is 113 Å². The maximum absolute atomic E-state index is 12.1. The Morgan fingerprint density at radius 1 is 0.807 bits per heavy atom. The number of carboxylic acids is 2. The van der Waals surface area contributed by atoms with Crippen molar-refractivity contribution in [3.8, 4) is 0 Å². The van der Waals surface area contributed by atoms with E-state index in [4.69, 9.17) is 0 Å². The van der Waals surface area contributed by atoms with E-state index in [0.29, 0.717) is 34.7 Å². The second-order valence-electron chi connectivity index (χ2n) is 14.5. The van der Waals surface area contributed by atoms with Crippen molar-refractivity contribution in [1.29, 1.82) is 0 Å². The molecular formula is C41H39K2N2O10S2+. The molecule has 2 heterocycles. The zero-order valence-electron chi connectivity index (χ0n) is 32.5. The topological polar surface area (TPSA) is 180 Å². The summed E-state index contributed by atoms with van der Waals surface area (Å²) in [4.78, 5) is 25.0. The first kappa shape index (κ1) is 47.9. The molecular weight excluding hydrogens is 823 g/mol. The fraction of sp³-hybridized carbons (Fsp3) is 0.244. The van der Waals surface area contributed by atoms with Crippen molar-refractivity contribution in [3.05, 3.63) is 142 Å². The molecule has 0 fully saturated rings. The average Bonchev–Trinajstić information content (AvgIpc) is 3.45. The number of hydrogen-bond donors (Lipinski definition) is 2. The molecule has 57 heavy (non-hydrogen) atoms. The third-order valence-electron chi connectivity index (χ3n) is 10.1. The Morgan fingerprint density at radius 2 is 1.39 bits per heavy atom. The molecule has 4 aromatic carbocycles. The first-order valence-corrected chi connectivity index (χ1v) is 19.4. The van der Waals surface area contributed by atoms with Crippen molar-refractivity contribution >= 4 is 51.2 Å². The number of hydrogen-bond acceptors (Lipinski definition) is 10. The quantitative estimate of drug-likeness (QED) is 0.0437. The van der Waals surface area contributed by atoms with Gasteiger partial charge in [0.25, 0.3) is 0 Å². The molecule has 0 radical (unpaired) electrons. The number of carboxylic acid groups (broad SMARTS) is 2. The van der Waals surface area contributed by atoms with Crippen LogP contribution in [0.25, 0.3) is 0 Å². The Bertz CT molecular complexity index is 2360. The molecule has 2 aliphatic heterocycles. The molecule has 0 amide bonds. The first-order valence-electron chi connectivity index (χ1n) is 17.3. The molecule has 0 spiro atoms.